The van der Waals surface area contributed by atoms with E-state index in [1.165, 1.54) is 0 Å². The Bertz CT molecular complexity index is 488. The molecule has 0 aliphatic carbocycles. The van der Waals surface area contributed by atoms with E-state index in [0.717, 1.165) is 29.7 Å². The molecule has 0 bridgehead atoms. The molecule has 0 radical (unpaired) electrons. The molecule has 1 aromatic rings. The van der Waals surface area contributed by atoms with Crippen molar-refractivity contribution in [2.75, 3.05) is 5.32 Å². The van der Waals surface area contributed by atoms with Crippen molar-refractivity contribution < 1.29 is 4.79 Å². The molecule has 0 fully saturated rings. The third kappa shape index (κ3) is 3.01. The van der Waals surface area contributed by atoms with E-state index in [1.54, 1.807) is 0 Å². The van der Waals surface area contributed by atoms with Gasteiger partial charge in [-0.25, -0.2) is 0 Å². The van der Waals surface area contributed by atoms with Gasteiger partial charge >= 0.3 is 0 Å². The highest BCUT2D eigenvalue weighted by molar-refractivity contribution is 5.98. The predicted molar refractivity (Wildman–Crippen MR) is 82.5 cm³/mol. The maximum absolute atomic E-state index is 12.5. The number of hydrogen-bond acceptors (Lipinski definition) is 2. The number of aryl methyl sites for hydroxylation is 2. The molecule has 3 heteroatoms. The summed E-state index contributed by atoms with van der Waals surface area (Å²) in [5.41, 5.74) is 2.21. The molecule has 20 heavy (non-hydrogen) atoms. The van der Waals surface area contributed by atoms with E-state index in [1.807, 2.05) is 32.0 Å². The Hall–Kier alpha value is -1.82. The second kappa shape index (κ2) is 7.09. The van der Waals surface area contributed by atoms with Crippen LogP contribution in [0.4, 0.5) is 5.69 Å². The molecule has 0 saturated heterocycles. The van der Waals surface area contributed by atoms with E-state index in [9.17, 15) is 10.1 Å². The van der Waals surface area contributed by atoms with Crippen molar-refractivity contribution in [1.82, 2.24) is 0 Å². The van der Waals surface area contributed by atoms with Crippen molar-refractivity contribution in [2.45, 2.75) is 53.4 Å². The normalized spacial score (nSPS) is 10.9. The summed E-state index contributed by atoms with van der Waals surface area (Å²) < 4.78 is 0. The summed E-state index contributed by atoms with van der Waals surface area (Å²) in [6, 6.07) is 8.27. The molecular weight excluding hydrogens is 248 g/mol. The first-order valence-corrected chi connectivity index (χ1v) is 7.41. The molecule has 0 unspecified atom stereocenters. The fourth-order valence-electron chi connectivity index (χ4n) is 2.42. The Morgan fingerprint density at radius 3 is 2.00 bits per heavy atom. The molecule has 1 amide bonds. The minimum absolute atomic E-state index is 0.180. The maximum atomic E-state index is 12.5. The second-order valence-corrected chi connectivity index (χ2v) is 5.01. The SMILES string of the molecule is CCc1cccc(CC)c1NC(=O)C(C#N)(CC)CC. The van der Waals surface area contributed by atoms with Crippen LogP contribution in [0.15, 0.2) is 18.2 Å². The minimum atomic E-state index is -0.925. The van der Waals surface area contributed by atoms with Crippen molar-refractivity contribution >= 4 is 11.6 Å². The number of nitrogens with one attached hydrogen (secondary N) is 1. The molecule has 0 saturated carbocycles. The first-order valence-electron chi connectivity index (χ1n) is 7.41. The topological polar surface area (TPSA) is 52.9 Å². The highest BCUT2D eigenvalue weighted by Gasteiger charge is 2.35. The van der Waals surface area contributed by atoms with E-state index in [-0.39, 0.29) is 5.91 Å². The van der Waals surface area contributed by atoms with Gasteiger partial charge in [0.05, 0.1) is 6.07 Å². The molecule has 1 aromatic carbocycles. The van der Waals surface area contributed by atoms with E-state index >= 15 is 0 Å². The number of nitrogens with zero attached hydrogens (tertiary/aromatic N) is 1. The molecule has 0 aliphatic heterocycles. The lowest BCUT2D eigenvalue weighted by Gasteiger charge is -2.24. The smallest absolute Gasteiger partial charge is 0.244 e. The Morgan fingerprint density at radius 1 is 1.15 bits per heavy atom. The first-order chi connectivity index (χ1) is 9.58. The van der Waals surface area contributed by atoms with Crippen molar-refractivity contribution in [3.63, 3.8) is 0 Å². The first kappa shape index (κ1) is 16.2. The quantitative estimate of drug-likeness (QED) is 0.848. The van der Waals surface area contributed by atoms with Gasteiger partial charge in [0.15, 0.2) is 0 Å². The van der Waals surface area contributed by atoms with Gasteiger partial charge in [0.1, 0.15) is 5.41 Å². The summed E-state index contributed by atoms with van der Waals surface area (Å²) in [7, 11) is 0. The van der Waals surface area contributed by atoms with E-state index < -0.39 is 5.41 Å². The molecule has 3 nitrogen and oxygen atoms in total. The van der Waals surface area contributed by atoms with Gasteiger partial charge in [-0.15, -0.1) is 0 Å². The molecule has 0 aliphatic rings. The summed E-state index contributed by atoms with van der Waals surface area (Å²) in [4.78, 5) is 12.5. The predicted octanol–water partition coefficient (Wildman–Crippen LogP) is 4.08. The molecule has 1 rings (SSSR count). The monoisotopic (exact) mass is 272 g/mol. The van der Waals surface area contributed by atoms with Crippen LogP contribution in [0.25, 0.3) is 0 Å². The number of amides is 1. The van der Waals surface area contributed by atoms with Crippen LogP contribution in [0.1, 0.15) is 51.7 Å². The minimum Gasteiger partial charge on any atom is -0.324 e. The Balaban J connectivity index is 3.16. The highest BCUT2D eigenvalue weighted by atomic mass is 16.2. The van der Waals surface area contributed by atoms with E-state index in [4.69, 9.17) is 0 Å². The van der Waals surface area contributed by atoms with Gasteiger partial charge in [0.25, 0.3) is 0 Å². The maximum Gasteiger partial charge on any atom is 0.244 e. The summed E-state index contributed by atoms with van der Waals surface area (Å²) in [6.07, 6.45) is 2.78. The average molecular weight is 272 g/mol. The van der Waals surface area contributed by atoms with Crippen LogP contribution in [0, 0.1) is 16.7 Å². The lowest BCUT2D eigenvalue weighted by molar-refractivity contribution is -0.123. The Kier molecular flexibility index (Phi) is 5.76. The molecule has 108 valence electrons. The molecule has 0 atom stereocenters. The number of carbonyl (C=O) groups is 1. The van der Waals surface area contributed by atoms with Crippen LogP contribution >= 0.6 is 0 Å². The number of anilines is 1. The molecular formula is C17H24N2O. The largest absolute Gasteiger partial charge is 0.324 e. The third-order valence-electron chi connectivity index (χ3n) is 4.09. The fourth-order valence-corrected chi connectivity index (χ4v) is 2.42. The molecule has 0 aromatic heterocycles. The standard InChI is InChI=1S/C17H24N2O/c1-5-13-10-9-11-14(6-2)15(13)19-16(20)17(7-3,8-4)12-18/h9-11H,5-8H2,1-4H3,(H,19,20). The zero-order chi connectivity index (χ0) is 15.2. The molecule has 1 N–H and O–H groups in total. The van der Waals surface area contributed by atoms with Crippen LogP contribution < -0.4 is 5.32 Å². The summed E-state index contributed by atoms with van der Waals surface area (Å²) >= 11 is 0. The lowest BCUT2D eigenvalue weighted by Crippen LogP contribution is -2.34. The Labute approximate surface area is 122 Å². The summed E-state index contributed by atoms with van der Waals surface area (Å²) in [5.74, 6) is -0.180. The van der Waals surface area contributed by atoms with Crippen molar-refractivity contribution in [2.24, 2.45) is 5.41 Å². The van der Waals surface area contributed by atoms with Crippen LogP contribution in [-0.4, -0.2) is 5.91 Å². The van der Waals surface area contributed by atoms with Gasteiger partial charge in [-0.1, -0.05) is 45.9 Å². The van der Waals surface area contributed by atoms with Crippen LogP contribution in [-0.2, 0) is 17.6 Å². The summed E-state index contributed by atoms with van der Waals surface area (Å²) in [5, 5.41) is 12.4. The van der Waals surface area contributed by atoms with Crippen molar-refractivity contribution in [3.05, 3.63) is 29.3 Å². The summed E-state index contributed by atoms with van der Waals surface area (Å²) in [6.45, 7) is 7.92. The van der Waals surface area contributed by atoms with Gasteiger partial charge in [-0.2, -0.15) is 5.26 Å². The van der Waals surface area contributed by atoms with Gasteiger partial charge in [-0.3, -0.25) is 4.79 Å². The van der Waals surface area contributed by atoms with Gasteiger partial charge in [0, 0.05) is 5.69 Å². The molecule has 0 spiro atoms. The second-order valence-electron chi connectivity index (χ2n) is 5.01. The number of hydrogen-bond donors (Lipinski definition) is 1. The van der Waals surface area contributed by atoms with Crippen molar-refractivity contribution in [3.8, 4) is 6.07 Å². The van der Waals surface area contributed by atoms with Crippen molar-refractivity contribution in [1.29, 1.82) is 5.26 Å². The van der Waals surface area contributed by atoms with Crippen LogP contribution in [0.2, 0.25) is 0 Å². The zero-order valence-corrected chi connectivity index (χ0v) is 12.9. The lowest BCUT2D eigenvalue weighted by atomic mass is 9.83. The molecule has 0 heterocycles. The highest BCUT2D eigenvalue weighted by Crippen LogP contribution is 2.30. The van der Waals surface area contributed by atoms with Crippen LogP contribution in [0.5, 0.6) is 0 Å². The number of para-hydroxylation sites is 1. The van der Waals surface area contributed by atoms with Gasteiger partial charge < -0.3 is 5.32 Å². The average Bonchev–Trinajstić information content (AvgIpc) is 2.49. The number of carbonyl (C=O) groups excluding carboxylic acids is 1. The van der Waals surface area contributed by atoms with E-state index in [0.29, 0.717) is 12.8 Å². The van der Waals surface area contributed by atoms with Gasteiger partial charge in [0.2, 0.25) is 5.91 Å². The van der Waals surface area contributed by atoms with Gasteiger partial charge in [-0.05, 0) is 36.8 Å². The Morgan fingerprint density at radius 2 is 1.65 bits per heavy atom. The van der Waals surface area contributed by atoms with Crippen LogP contribution in [0.3, 0.4) is 0 Å². The van der Waals surface area contributed by atoms with E-state index in [2.05, 4.69) is 25.2 Å². The fraction of sp³-hybridized carbons (Fsp3) is 0.529. The number of nitriles is 1. The number of rotatable bonds is 6. The number of benzene rings is 1. The zero-order valence-electron chi connectivity index (χ0n) is 12.9. The third-order valence-corrected chi connectivity index (χ3v) is 4.09.